The van der Waals surface area contributed by atoms with Gasteiger partial charge in [-0.15, -0.1) is 19.8 Å². The van der Waals surface area contributed by atoms with Crippen molar-refractivity contribution in [3.05, 3.63) is 6.92 Å². The molecule has 0 unspecified atom stereocenters. The molecule has 0 aliphatic heterocycles. The first-order valence-electron chi connectivity index (χ1n) is 5.20. The van der Waals surface area contributed by atoms with Crippen LogP contribution in [0.4, 0.5) is 0 Å². The molecule has 16 heavy (non-hydrogen) atoms. The van der Waals surface area contributed by atoms with E-state index >= 15 is 0 Å². The standard InChI is InChI=1S/C5H12N.3C2H5O.Zr/c1-4-5-6(2)3;3*1-2-3;/h1,4-5H2,2-3H3;3*2H2,1H3;/q4*-1;+4. The van der Waals surface area contributed by atoms with Gasteiger partial charge in [0.2, 0.25) is 0 Å². The Balaban J connectivity index is -0.0000000353. The summed E-state index contributed by atoms with van der Waals surface area (Å²) >= 11 is 0. The van der Waals surface area contributed by atoms with Crippen LogP contribution in [0.2, 0.25) is 0 Å². The molecule has 0 aliphatic carbocycles. The molecular formula is C11H27NO3Zr. The first-order valence-corrected chi connectivity index (χ1v) is 5.20. The smallest absolute Gasteiger partial charge is 0.855 e. The zero-order valence-electron chi connectivity index (χ0n) is 11.4. The van der Waals surface area contributed by atoms with Crippen molar-refractivity contribution in [2.75, 3.05) is 40.5 Å². The minimum Gasteiger partial charge on any atom is -0.855 e. The Morgan fingerprint density at radius 2 is 1.06 bits per heavy atom. The predicted octanol–water partition coefficient (Wildman–Crippen LogP) is -1.13. The maximum Gasteiger partial charge on any atom is 4.00 e. The van der Waals surface area contributed by atoms with E-state index in [0.29, 0.717) is 0 Å². The first-order chi connectivity index (χ1) is 7.01. The van der Waals surface area contributed by atoms with Crippen LogP contribution in [0.3, 0.4) is 0 Å². The molecule has 0 rings (SSSR count). The number of nitrogens with zero attached hydrogens (tertiary/aromatic N) is 1. The number of hydrogen-bond acceptors (Lipinski definition) is 4. The minimum atomic E-state index is 0. The van der Waals surface area contributed by atoms with Gasteiger partial charge in [-0.3, -0.25) is 0 Å². The fourth-order valence-electron chi connectivity index (χ4n) is 0.316. The Kier molecular flexibility index (Phi) is 84.2. The topological polar surface area (TPSA) is 72.4 Å². The Morgan fingerprint density at radius 1 is 0.875 bits per heavy atom. The van der Waals surface area contributed by atoms with Crippen molar-refractivity contribution in [1.29, 1.82) is 0 Å². The molecule has 5 heteroatoms. The van der Waals surface area contributed by atoms with E-state index in [1.54, 1.807) is 20.8 Å². The van der Waals surface area contributed by atoms with E-state index in [9.17, 15) is 0 Å². The Labute approximate surface area is 121 Å². The van der Waals surface area contributed by atoms with Crippen LogP contribution in [0.5, 0.6) is 0 Å². The van der Waals surface area contributed by atoms with E-state index in [2.05, 4.69) is 11.8 Å². The molecule has 0 saturated heterocycles. The third kappa shape index (κ3) is 200. The summed E-state index contributed by atoms with van der Waals surface area (Å²) in [5.74, 6) is 0. The van der Waals surface area contributed by atoms with Crippen LogP contribution in [-0.2, 0) is 26.2 Å². The molecule has 0 aromatic heterocycles. The summed E-state index contributed by atoms with van der Waals surface area (Å²) in [5, 5.41) is 26.8. The molecule has 0 aromatic carbocycles. The second-order valence-corrected chi connectivity index (χ2v) is 2.52. The predicted molar refractivity (Wildman–Crippen MR) is 60.2 cm³/mol. The van der Waals surface area contributed by atoms with Crippen LogP contribution in [0.1, 0.15) is 27.2 Å². The third-order valence-electron chi connectivity index (χ3n) is 0.605. The van der Waals surface area contributed by atoms with E-state index in [4.69, 9.17) is 15.3 Å². The van der Waals surface area contributed by atoms with Crippen molar-refractivity contribution in [3.8, 4) is 0 Å². The third-order valence-corrected chi connectivity index (χ3v) is 0.605. The van der Waals surface area contributed by atoms with E-state index in [1.807, 2.05) is 14.1 Å². The molecule has 0 spiro atoms. The summed E-state index contributed by atoms with van der Waals surface area (Å²) < 4.78 is 0. The van der Waals surface area contributed by atoms with Crippen LogP contribution in [-0.4, -0.2) is 45.4 Å². The fourth-order valence-corrected chi connectivity index (χ4v) is 0.316. The molecule has 4 nitrogen and oxygen atoms in total. The van der Waals surface area contributed by atoms with Crippen molar-refractivity contribution in [1.82, 2.24) is 4.90 Å². The summed E-state index contributed by atoms with van der Waals surface area (Å²) in [4.78, 5) is 2.12. The largest absolute Gasteiger partial charge is 4.00 e. The van der Waals surface area contributed by atoms with Gasteiger partial charge < -0.3 is 27.1 Å². The second-order valence-electron chi connectivity index (χ2n) is 2.52. The van der Waals surface area contributed by atoms with Gasteiger partial charge in [0.25, 0.3) is 0 Å². The molecule has 0 aliphatic rings. The molecule has 0 radical (unpaired) electrons. The normalized spacial score (nSPS) is 7.12. The molecule has 0 saturated carbocycles. The van der Waals surface area contributed by atoms with Gasteiger partial charge in [-0.25, -0.2) is 0 Å². The molecule has 0 aromatic rings. The van der Waals surface area contributed by atoms with Gasteiger partial charge >= 0.3 is 26.2 Å². The summed E-state index contributed by atoms with van der Waals surface area (Å²) in [6, 6.07) is 0. The van der Waals surface area contributed by atoms with Gasteiger partial charge in [0.1, 0.15) is 0 Å². The summed E-state index contributed by atoms with van der Waals surface area (Å²) in [6.07, 6.45) is 1.01. The number of hydrogen-bond donors (Lipinski definition) is 0. The Morgan fingerprint density at radius 3 is 1.06 bits per heavy atom. The fraction of sp³-hybridized carbons (Fsp3) is 0.909. The van der Waals surface area contributed by atoms with Gasteiger partial charge in [0, 0.05) is 0 Å². The Hall–Kier alpha value is 0.723. The average molecular weight is 313 g/mol. The monoisotopic (exact) mass is 311 g/mol. The minimum absolute atomic E-state index is 0. The maximum absolute atomic E-state index is 8.93. The molecule has 0 atom stereocenters. The van der Waals surface area contributed by atoms with Crippen LogP contribution in [0, 0.1) is 6.92 Å². The van der Waals surface area contributed by atoms with Crippen LogP contribution >= 0.6 is 0 Å². The number of rotatable bonds is 2. The van der Waals surface area contributed by atoms with E-state index in [-0.39, 0.29) is 46.0 Å². The van der Waals surface area contributed by atoms with Crippen molar-refractivity contribution >= 4 is 0 Å². The maximum atomic E-state index is 8.93. The summed E-state index contributed by atoms with van der Waals surface area (Å²) in [5.41, 5.74) is 0. The molecule has 0 bridgehead atoms. The first kappa shape index (κ1) is 30.1. The molecule has 0 fully saturated rings. The van der Waals surface area contributed by atoms with Gasteiger partial charge in [-0.1, -0.05) is 20.8 Å². The Bertz CT molecular complexity index is 62.4. The van der Waals surface area contributed by atoms with Crippen molar-refractivity contribution < 1.29 is 41.5 Å². The van der Waals surface area contributed by atoms with Crippen molar-refractivity contribution in [3.63, 3.8) is 0 Å². The zero-order valence-corrected chi connectivity index (χ0v) is 13.9. The molecule has 0 amide bonds. The average Bonchev–Trinajstić information content (AvgIpc) is 2.07. The van der Waals surface area contributed by atoms with Crippen LogP contribution in [0.25, 0.3) is 0 Å². The van der Waals surface area contributed by atoms with Gasteiger partial charge in [-0.2, -0.15) is 6.42 Å². The van der Waals surface area contributed by atoms with E-state index in [1.165, 1.54) is 0 Å². The molecular weight excluding hydrogens is 285 g/mol. The van der Waals surface area contributed by atoms with Gasteiger partial charge in [-0.05, 0) is 20.6 Å². The molecule has 98 valence electrons. The van der Waals surface area contributed by atoms with Crippen LogP contribution < -0.4 is 15.3 Å². The molecule has 0 heterocycles. The zero-order chi connectivity index (χ0) is 13.1. The summed E-state index contributed by atoms with van der Waals surface area (Å²) in [7, 11) is 4.09. The van der Waals surface area contributed by atoms with E-state index in [0.717, 1.165) is 13.0 Å². The van der Waals surface area contributed by atoms with Gasteiger partial charge in [0.05, 0.1) is 0 Å². The quantitative estimate of drug-likeness (QED) is 0.605. The van der Waals surface area contributed by atoms with E-state index < -0.39 is 0 Å². The summed E-state index contributed by atoms with van der Waals surface area (Å²) in [6.45, 7) is 9.49. The SMILES string of the molecule is CC[O-].CC[O-].CC[O-].[CH2-]CCN(C)C.[Zr+4]. The van der Waals surface area contributed by atoms with Crippen molar-refractivity contribution in [2.45, 2.75) is 27.2 Å². The van der Waals surface area contributed by atoms with Crippen LogP contribution in [0.15, 0.2) is 0 Å². The van der Waals surface area contributed by atoms with Gasteiger partial charge in [0.15, 0.2) is 0 Å². The van der Waals surface area contributed by atoms with Crippen molar-refractivity contribution in [2.24, 2.45) is 0 Å². The second kappa shape index (κ2) is 44.8. The molecule has 0 N–H and O–H groups in total.